The van der Waals surface area contributed by atoms with E-state index in [-0.39, 0.29) is 18.1 Å². The van der Waals surface area contributed by atoms with Crippen LogP contribution in [0.15, 0.2) is 40.9 Å². The number of nitrogen functional groups attached to an aromatic ring is 1. The van der Waals surface area contributed by atoms with Gasteiger partial charge in [0.2, 0.25) is 0 Å². The first kappa shape index (κ1) is 12.8. The quantitative estimate of drug-likeness (QED) is 0.873. The van der Waals surface area contributed by atoms with Crippen LogP contribution in [-0.4, -0.2) is 0 Å². The molecule has 18 heavy (non-hydrogen) atoms. The minimum atomic E-state index is -0.521. The van der Waals surface area contributed by atoms with Crippen molar-refractivity contribution in [3.8, 4) is 5.75 Å². The fraction of sp³-hybridized carbons (Fsp3) is 0.0769. The third-order valence-electron chi connectivity index (χ3n) is 2.36. The van der Waals surface area contributed by atoms with E-state index in [0.29, 0.717) is 10.2 Å². The molecule has 0 amide bonds. The molecule has 0 aromatic heterocycles. The molecular formula is C13H10BrF2NO. The number of benzene rings is 2. The smallest absolute Gasteiger partial charge is 0.149 e. The second-order valence-corrected chi connectivity index (χ2v) is 4.57. The maximum atomic E-state index is 13.2. The zero-order valence-electron chi connectivity index (χ0n) is 9.29. The lowest BCUT2D eigenvalue weighted by atomic mass is 10.2. The lowest BCUT2D eigenvalue weighted by Crippen LogP contribution is -1.97. The molecule has 0 saturated heterocycles. The monoisotopic (exact) mass is 313 g/mol. The van der Waals surface area contributed by atoms with Crippen LogP contribution in [0.3, 0.4) is 0 Å². The van der Waals surface area contributed by atoms with Crippen molar-refractivity contribution in [2.45, 2.75) is 6.61 Å². The number of halogens is 3. The van der Waals surface area contributed by atoms with E-state index in [4.69, 9.17) is 10.5 Å². The van der Waals surface area contributed by atoms with E-state index < -0.39 is 5.82 Å². The van der Waals surface area contributed by atoms with E-state index in [1.165, 1.54) is 18.2 Å². The SMILES string of the molecule is Nc1ccc(OCc2ccc(F)c(Br)c2)cc1F. The molecule has 0 heterocycles. The standard InChI is InChI=1S/C13H10BrF2NO/c14-10-5-8(1-3-11(10)15)7-18-9-2-4-13(17)12(16)6-9/h1-6H,7,17H2. The summed E-state index contributed by atoms with van der Waals surface area (Å²) in [5.41, 5.74) is 6.21. The summed E-state index contributed by atoms with van der Waals surface area (Å²) >= 11 is 3.09. The first-order valence-electron chi connectivity index (χ1n) is 5.18. The van der Waals surface area contributed by atoms with Gasteiger partial charge >= 0.3 is 0 Å². The summed E-state index contributed by atoms with van der Waals surface area (Å²) in [5, 5.41) is 0. The highest BCUT2D eigenvalue weighted by molar-refractivity contribution is 9.10. The highest BCUT2D eigenvalue weighted by Crippen LogP contribution is 2.21. The molecular weight excluding hydrogens is 304 g/mol. The molecule has 94 valence electrons. The molecule has 2 aromatic carbocycles. The Balaban J connectivity index is 2.06. The van der Waals surface area contributed by atoms with Crippen LogP contribution in [0.2, 0.25) is 0 Å². The Kier molecular flexibility index (Phi) is 3.81. The van der Waals surface area contributed by atoms with Gasteiger partial charge in [0.1, 0.15) is 24.0 Å². The molecule has 5 heteroatoms. The van der Waals surface area contributed by atoms with Gasteiger partial charge in [-0.05, 0) is 45.8 Å². The van der Waals surface area contributed by atoms with Gasteiger partial charge in [0.05, 0.1) is 10.2 Å². The molecule has 0 aliphatic carbocycles. The van der Waals surface area contributed by atoms with Gasteiger partial charge in [-0.2, -0.15) is 0 Å². The highest BCUT2D eigenvalue weighted by Gasteiger charge is 2.03. The van der Waals surface area contributed by atoms with E-state index in [1.807, 2.05) is 0 Å². The fourth-order valence-electron chi connectivity index (χ4n) is 1.39. The number of hydrogen-bond donors (Lipinski definition) is 1. The van der Waals surface area contributed by atoms with Crippen LogP contribution in [0.1, 0.15) is 5.56 Å². The predicted octanol–water partition coefficient (Wildman–Crippen LogP) is 3.89. The minimum absolute atomic E-state index is 0.0758. The second-order valence-electron chi connectivity index (χ2n) is 3.72. The predicted molar refractivity (Wildman–Crippen MR) is 69.2 cm³/mol. The Labute approximate surface area is 112 Å². The fourth-order valence-corrected chi connectivity index (χ4v) is 1.82. The summed E-state index contributed by atoms with van der Waals surface area (Å²) in [6.07, 6.45) is 0. The Morgan fingerprint density at radius 3 is 2.50 bits per heavy atom. The largest absolute Gasteiger partial charge is 0.489 e. The van der Waals surface area contributed by atoms with Crippen molar-refractivity contribution in [2.24, 2.45) is 0 Å². The Morgan fingerprint density at radius 1 is 1.06 bits per heavy atom. The molecule has 0 saturated carbocycles. The molecule has 0 aliphatic heterocycles. The first-order valence-corrected chi connectivity index (χ1v) is 5.97. The van der Waals surface area contributed by atoms with E-state index >= 15 is 0 Å². The molecule has 2 N–H and O–H groups in total. The van der Waals surface area contributed by atoms with E-state index in [1.54, 1.807) is 18.2 Å². The van der Waals surface area contributed by atoms with Crippen LogP contribution in [0, 0.1) is 11.6 Å². The van der Waals surface area contributed by atoms with Crippen LogP contribution in [0.25, 0.3) is 0 Å². The van der Waals surface area contributed by atoms with Gasteiger partial charge in [-0.15, -0.1) is 0 Å². The van der Waals surface area contributed by atoms with Gasteiger partial charge < -0.3 is 10.5 Å². The molecule has 2 rings (SSSR count). The van der Waals surface area contributed by atoms with Gasteiger partial charge in [0, 0.05) is 6.07 Å². The summed E-state index contributed by atoms with van der Waals surface area (Å²) in [7, 11) is 0. The van der Waals surface area contributed by atoms with Crippen molar-refractivity contribution in [3.63, 3.8) is 0 Å². The van der Waals surface area contributed by atoms with Gasteiger partial charge in [-0.1, -0.05) is 6.07 Å². The summed E-state index contributed by atoms with van der Waals surface area (Å²) in [4.78, 5) is 0. The van der Waals surface area contributed by atoms with E-state index in [0.717, 1.165) is 5.56 Å². The molecule has 0 radical (unpaired) electrons. The van der Waals surface area contributed by atoms with Gasteiger partial charge in [0.25, 0.3) is 0 Å². The van der Waals surface area contributed by atoms with Crippen LogP contribution in [0.5, 0.6) is 5.75 Å². The van der Waals surface area contributed by atoms with Crippen molar-refractivity contribution in [2.75, 3.05) is 5.73 Å². The van der Waals surface area contributed by atoms with Crippen molar-refractivity contribution in [1.29, 1.82) is 0 Å². The third-order valence-corrected chi connectivity index (χ3v) is 2.97. The summed E-state index contributed by atoms with van der Waals surface area (Å²) in [5.74, 6) is -0.479. The Morgan fingerprint density at radius 2 is 1.83 bits per heavy atom. The van der Waals surface area contributed by atoms with Crippen LogP contribution in [0.4, 0.5) is 14.5 Å². The van der Waals surface area contributed by atoms with Crippen LogP contribution < -0.4 is 10.5 Å². The van der Waals surface area contributed by atoms with Crippen molar-refractivity contribution in [3.05, 3.63) is 58.1 Å². The van der Waals surface area contributed by atoms with Crippen molar-refractivity contribution in [1.82, 2.24) is 0 Å². The third kappa shape index (κ3) is 2.98. The van der Waals surface area contributed by atoms with Crippen LogP contribution in [-0.2, 0) is 6.61 Å². The normalized spacial score (nSPS) is 10.4. The zero-order valence-corrected chi connectivity index (χ0v) is 10.9. The number of hydrogen-bond acceptors (Lipinski definition) is 2. The van der Waals surface area contributed by atoms with E-state index in [2.05, 4.69) is 15.9 Å². The average Bonchev–Trinajstić information content (AvgIpc) is 2.35. The maximum Gasteiger partial charge on any atom is 0.149 e. The molecule has 0 aliphatic rings. The molecule has 0 bridgehead atoms. The maximum absolute atomic E-state index is 13.2. The van der Waals surface area contributed by atoms with Crippen molar-refractivity contribution >= 4 is 21.6 Å². The lowest BCUT2D eigenvalue weighted by Gasteiger charge is -2.07. The van der Waals surface area contributed by atoms with Gasteiger partial charge in [-0.3, -0.25) is 0 Å². The van der Waals surface area contributed by atoms with Gasteiger partial charge in [0.15, 0.2) is 0 Å². The lowest BCUT2D eigenvalue weighted by molar-refractivity contribution is 0.304. The van der Waals surface area contributed by atoms with E-state index in [9.17, 15) is 8.78 Å². The summed E-state index contributed by atoms with van der Waals surface area (Å²) in [6.45, 7) is 0.224. The summed E-state index contributed by atoms with van der Waals surface area (Å²) < 4.78 is 31.9. The number of rotatable bonds is 3. The molecule has 2 nitrogen and oxygen atoms in total. The first-order chi connectivity index (χ1) is 8.56. The minimum Gasteiger partial charge on any atom is -0.489 e. The van der Waals surface area contributed by atoms with Crippen LogP contribution >= 0.6 is 15.9 Å². The molecule has 0 atom stereocenters. The average molecular weight is 314 g/mol. The molecule has 0 fully saturated rings. The zero-order chi connectivity index (χ0) is 13.1. The topological polar surface area (TPSA) is 35.2 Å². The molecule has 0 spiro atoms. The Bertz CT molecular complexity index is 523. The molecule has 2 aromatic rings. The highest BCUT2D eigenvalue weighted by atomic mass is 79.9. The Hall–Kier alpha value is -1.62. The van der Waals surface area contributed by atoms with Gasteiger partial charge in [-0.25, -0.2) is 8.78 Å². The molecule has 0 unspecified atom stereocenters. The summed E-state index contributed by atoms with van der Waals surface area (Å²) in [6, 6.07) is 8.79. The second kappa shape index (κ2) is 5.35. The van der Waals surface area contributed by atoms with Crippen molar-refractivity contribution < 1.29 is 13.5 Å². The number of anilines is 1. The number of ether oxygens (including phenoxy) is 1. The number of nitrogens with two attached hydrogens (primary N) is 1.